The van der Waals surface area contributed by atoms with Gasteiger partial charge in [0.2, 0.25) is 5.91 Å². The van der Waals surface area contributed by atoms with Gasteiger partial charge in [-0.3, -0.25) is 4.79 Å². The van der Waals surface area contributed by atoms with E-state index in [2.05, 4.69) is 10.3 Å². The van der Waals surface area contributed by atoms with Crippen LogP contribution >= 0.6 is 22.9 Å². The average Bonchev–Trinajstić information content (AvgIpc) is 2.96. The summed E-state index contributed by atoms with van der Waals surface area (Å²) in [5, 5.41) is 3.37. The molecule has 1 aromatic heterocycles. The summed E-state index contributed by atoms with van der Waals surface area (Å²) in [6, 6.07) is 2.44. The molecule has 0 radical (unpaired) electrons. The van der Waals surface area contributed by atoms with E-state index in [-0.39, 0.29) is 22.9 Å². The Labute approximate surface area is 153 Å². The number of thiazole rings is 1. The van der Waals surface area contributed by atoms with E-state index in [0.717, 1.165) is 6.42 Å². The Morgan fingerprint density at radius 2 is 2.20 bits per heavy atom. The van der Waals surface area contributed by atoms with E-state index in [1.807, 2.05) is 0 Å². The lowest BCUT2D eigenvalue weighted by Gasteiger charge is -2.33. The number of amides is 3. The van der Waals surface area contributed by atoms with Gasteiger partial charge < -0.3 is 15.1 Å². The molecule has 1 saturated heterocycles. The molecule has 1 aliphatic heterocycles. The normalized spacial score (nSPS) is 17.6. The molecule has 0 bridgehead atoms. The van der Waals surface area contributed by atoms with Crippen molar-refractivity contribution in [2.24, 2.45) is 5.92 Å². The molecule has 1 aliphatic rings. The predicted molar refractivity (Wildman–Crippen MR) is 96.6 cm³/mol. The summed E-state index contributed by atoms with van der Waals surface area (Å²) in [6.45, 7) is 1.03. The third-order valence-corrected chi connectivity index (χ3v) is 5.29. The van der Waals surface area contributed by atoms with Crippen LogP contribution in [0.5, 0.6) is 0 Å². The van der Waals surface area contributed by atoms with Crippen LogP contribution in [0.1, 0.15) is 12.8 Å². The maximum atomic E-state index is 13.4. The number of likely N-dealkylation sites (tertiary alicyclic amines) is 1. The number of halogens is 2. The summed E-state index contributed by atoms with van der Waals surface area (Å²) in [5.41, 5.74) is 0.469. The van der Waals surface area contributed by atoms with Crippen molar-refractivity contribution in [2.45, 2.75) is 12.8 Å². The van der Waals surface area contributed by atoms with Gasteiger partial charge in [0.1, 0.15) is 11.3 Å². The molecule has 0 spiro atoms. The second-order valence-corrected chi connectivity index (χ2v) is 7.64. The van der Waals surface area contributed by atoms with E-state index >= 15 is 0 Å². The molecular formula is C16H18ClFN4O2S. The second kappa shape index (κ2) is 7.13. The largest absolute Gasteiger partial charge is 0.331 e. The van der Waals surface area contributed by atoms with Crippen LogP contribution in [-0.2, 0) is 4.79 Å². The number of aromatic nitrogens is 1. The number of nitrogens with one attached hydrogen (secondary N) is 1. The van der Waals surface area contributed by atoms with Gasteiger partial charge in [-0.1, -0.05) is 22.9 Å². The highest BCUT2D eigenvalue weighted by Crippen LogP contribution is 2.32. The van der Waals surface area contributed by atoms with Crippen molar-refractivity contribution < 1.29 is 14.0 Å². The van der Waals surface area contributed by atoms with Gasteiger partial charge in [0.05, 0.1) is 15.6 Å². The minimum absolute atomic E-state index is 0.0975. The minimum atomic E-state index is -0.441. The molecule has 1 unspecified atom stereocenters. The van der Waals surface area contributed by atoms with Crippen LogP contribution < -0.4 is 5.32 Å². The monoisotopic (exact) mass is 384 g/mol. The fourth-order valence-corrected chi connectivity index (χ4v) is 4.09. The zero-order valence-corrected chi connectivity index (χ0v) is 15.5. The Balaban J connectivity index is 1.71. The lowest BCUT2D eigenvalue weighted by Crippen LogP contribution is -2.47. The second-order valence-electron chi connectivity index (χ2n) is 6.20. The smallest absolute Gasteiger partial charge is 0.319 e. The molecule has 1 N–H and O–H groups in total. The van der Waals surface area contributed by atoms with Crippen LogP contribution in [0.2, 0.25) is 5.02 Å². The molecule has 1 fully saturated rings. The van der Waals surface area contributed by atoms with Gasteiger partial charge in [0.15, 0.2) is 5.13 Å². The van der Waals surface area contributed by atoms with E-state index < -0.39 is 5.82 Å². The summed E-state index contributed by atoms with van der Waals surface area (Å²) in [5.74, 6) is -0.923. The molecule has 2 heterocycles. The molecular weight excluding hydrogens is 367 g/mol. The van der Waals surface area contributed by atoms with Crippen molar-refractivity contribution in [1.82, 2.24) is 14.8 Å². The van der Waals surface area contributed by atoms with Crippen molar-refractivity contribution in [3.05, 3.63) is 23.0 Å². The van der Waals surface area contributed by atoms with Crippen molar-refractivity contribution in [2.75, 3.05) is 32.5 Å². The van der Waals surface area contributed by atoms with Crippen LogP contribution in [0.25, 0.3) is 10.2 Å². The number of benzene rings is 1. The molecule has 3 rings (SSSR count). The Bertz CT molecular complexity index is 826. The van der Waals surface area contributed by atoms with Gasteiger partial charge in [-0.2, -0.15) is 0 Å². The number of hydrogen-bond acceptors (Lipinski definition) is 4. The standard InChI is InChI=1S/C16H18ClFN4O2S/c1-21(2)16(24)22-5-3-4-9(8-22)14(23)20-15-19-13-11(17)6-10(18)7-12(13)25-15/h6-7,9H,3-5,8H2,1-2H3,(H,19,20,23). The first kappa shape index (κ1) is 17.9. The maximum Gasteiger partial charge on any atom is 0.319 e. The minimum Gasteiger partial charge on any atom is -0.331 e. The Morgan fingerprint density at radius 3 is 2.92 bits per heavy atom. The first-order valence-electron chi connectivity index (χ1n) is 7.88. The topological polar surface area (TPSA) is 65.5 Å². The third-order valence-electron chi connectivity index (χ3n) is 4.09. The highest BCUT2D eigenvalue weighted by atomic mass is 35.5. The zero-order valence-electron chi connectivity index (χ0n) is 13.9. The molecule has 1 atom stereocenters. The van der Waals surface area contributed by atoms with E-state index in [4.69, 9.17) is 11.6 Å². The van der Waals surface area contributed by atoms with Crippen LogP contribution in [0.15, 0.2) is 12.1 Å². The van der Waals surface area contributed by atoms with Crippen LogP contribution in [0, 0.1) is 11.7 Å². The Hall–Kier alpha value is -1.93. The molecule has 2 aromatic rings. The number of anilines is 1. The average molecular weight is 385 g/mol. The first-order valence-corrected chi connectivity index (χ1v) is 9.07. The summed E-state index contributed by atoms with van der Waals surface area (Å²) >= 11 is 7.16. The molecule has 3 amide bonds. The number of carbonyl (C=O) groups excluding carboxylic acids is 2. The van der Waals surface area contributed by atoms with Gasteiger partial charge >= 0.3 is 6.03 Å². The summed E-state index contributed by atoms with van der Waals surface area (Å²) in [4.78, 5) is 32.1. The first-order chi connectivity index (χ1) is 11.8. The van der Waals surface area contributed by atoms with E-state index in [0.29, 0.717) is 34.9 Å². The molecule has 1 aromatic carbocycles. The van der Waals surface area contributed by atoms with Crippen molar-refractivity contribution >= 4 is 50.2 Å². The van der Waals surface area contributed by atoms with Crippen molar-refractivity contribution in [3.8, 4) is 0 Å². The zero-order chi connectivity index (χ0) is 18.1. The number of piperidine rings is 1. The highest BCUT2D eigenvalue weighted by Gasteiger charge is 2.29. The number of carbonyl (C=O) groups is 2. The maximum absolute atomic E-state index is 13.4. The summed E-state index contributed by atoms with van der Waals surface area (Å²) in [7, 11) is 3.38. The van der Waals surface area contributed by atoms with E-state index in [1.54, 1.807) is 19.0 Å². The van der Waals surface area contributed by atoms with Gasteiger partial charge in [0.25, 0.3) is 0 Å². The number of rotatable bonds is 2. The van der Waals surface area contributed by atoms with Gasteiger partial charge in [0, 0.05) is 27.2 Å². The fourth-order valence-electron chi connectivity index (χ4n) is 2.87. The summed E-state index contributed by atoms with van der Waals surface area (Å²) < 4.78 is 14.0. The van der Waals surface area contributed by atoms with Crippen LogP contribution in [0.4, 0.5) is 14.3 Å². The van der Waals surface area contributed by atoms with Gasteiger partial charge in [-0.05, 0) is 25.0 Å². The number of urea groups is 1. The summed E-state index contributed by atoms with van der Waals surface area (Å²) in [6.07, 6.45) is 1.48. The van der Waals surface area contributed by atoms with E-state index in [9.17, 15) is 14.0 Å². The SMILES string of the molecule is CN(C)C(=O)N1CCCC(C(=O)Nc2nc3c(Cl)cc(F)cc3s2)C1. The van der Waals surface area contributed by atoms with Crippen molar-refractivity contribution in [1.29, 1.82) is 0 Å². The van der Waals surface area contributed by atoms with Crippen LogP contribution in [0.3, 0.4) is 0 Å². The lowest BCUT2D eigenvalue weighted by atomic mass is 9.97. The van der Waals surface area contributed by atoms with E-state index in [1.165, 1.54) is 28.4 Å². The van der Waals surface area contributed by atoms with Gasteiger partial charge in [-0.25, -0.2) is 14.2 Å². The highest BCUT2D eigenvalue weighted by molar-refractivity contribution is 7.22. The molecule has 0 saturated carbocycles. The Morgan fingerprint density at radius 1 is 1.44 bits per heavy atom. The molecule has 134 valence electrons. The lowest BCUT2D eigenvalue weighted by molar-refractivity contribution is -0.121. The van der Waals surface area contributed by atoms with Crippen LogP contribution in [-0.4, -0.2) is 53.9 Å². The van der Waals surface area contributed by atoms with Crippen molar-refractivity contribution in [3.63, 3.8) is 0 Å². The number of nitrogens with zero attached hydrogens (tertiary/aromatic N) is 3. The molecule has 0 aliphatic carbocycles. The molecule has 9 heteroatoms. The molecule has 25 heavy (non-hydrogen) atoms. The fraction of sp³-hybridized carbons (Fsp3) is 0.438. The molecule has 6 nitrogen and oxygen atoms in total. The number of hydrogen-bond donors (Lipinski definition) is 1. The number of fused-ring (bicyclic) bond motifs is 1. The Kier molecular flexibility index (Phi) is 5.10. The van der Waals surface area contributed by atoms with Gasteiger partial charge in [-0.15, -0.1) is 0 Å². The third kappa shape index (κ3) is 3.85. The predicted octanol–water partition coefficient (Wildman–Crippen LogP) is 3.42. The quantitative estimate of drug-likeness (QED) is 0.862.